The Bertz CT molecular complexity index is 406. The summed E-state index contributed by atoms with van der Waals surface area (Å²) in [6.07, 6.45) is 0. The summed E-state index contributed by atoms with van der Waals surface area (Å²) >= 11 is 0. The first-order valence-corrected chi connectivity index (χ1v) is 6.07. The zero-order valence-corrected chi connectivity index (χ0v) is 12.6. The highest BCUT2D eigenvalue weighted by atomic mass is 16.7. The molecule has 0 N–H and O–H groups in total. The minimum Gasteiger partial charge on any atom is -0.417 e. The molecule has 0 amide bonds. The van der Waals surface area contributed by atoms with Gasteiger partial charge in [-0.2, -0.15) is 0 Å². The first-order chi connectivity index (χ1) is 9.07. The summed E-state index contributed by atoms with van der Waals surface area (Å²) in [5, 5.41) is 0. The lowest BCUT2D eigenvalue weighted by Crippen LogP contribution is -2.42. The van der Waals surface area contributed by atoms with Crippen LogP contribution in [0.2, 0.25) is 0 Å². The van der Waals surface area contributed by atoms with Crippen molar-refractivity contribution in [2.24, 2.45) is 0 Å². The summed E-state index contributed by atoms with van der Waals surface area (Å²) in [4.78, 5) is 23.2. The van der Waals surface area contributed by atoms with Crippen LogP contribution in [0.3, 0.4) is 0 Å². The molecule has 0 aliphatic rings. The predicted octanol–water partition coefficient (Wildman–Crippen LogP) is 2.53. The van der Waals surface area contributed by atoms with Gasteiger partial charge in [-0.1, -0.05) is 25.3 Å². The Labute approximate surface area is 119 Å². The van der Waals surface area contributed by atoms with Gasteiger partial charge in [-0.25, -0.2) is 9.59 Å². The van der Waals surface area contributed by atoms with E-state index in [0.29, 0.717) is 0 Å². The monoisotopic (exact) mass is 282 g/mol. The van der Waals surface area contributed by atoms with Crippen molar-refractivity contribution in [2.45, 2.75) is 33.5 Å². The van der Waals surface area contributed by atoms with Crippen molar-refractivity contribution in [3.63, 3.8) is 0 Å². The van der Waals surface area contributed by atoms with Crippen LogP contribution in [-0.2, 0) is 23.8 Å². The molecular weight excluding hydrogens is 260 g/mol. The molecular formula is C15H22O5. The maximum absolute atomic E-state index is 11.6. The van der Waals surface area contributed by atoms with Crippen molar-refractivity contribution < 1.29 is 23.8 Å². The first-order valence-electron chi connectivity index (χ1n) is 6.07. The summed E-state index contributed by atoms with van der Waals surface area (Å²) in [7, 11) is 0. The molecule has 5 heteroatoms. The number of hydrogen-bond acceptors (Lipinski definition) is 5. The van der Waals surface area contributed by atoms with Gasteiger partial charge in [0, 0.05) is 18.1 Å². The molecule has 0 fully saturated rings. The van der Waals surface area contributed by atoms with Crippen LogP contribution < -0.4 is 0 Å². The summed E-state index contributed by atoms with van der Waals surface area (Å²) < 4.78 is 15.6. The summed E-state index contributed by atoms with van der Waals surface area (Å²) in [6, 6.07) is 0. The molecule has 0 aliphatic carbocycles. The van der Waals surface area contributed by atoms with E-state index in [1.807, 2.05) is 0 Å². The zero-order valence-electron chi connectivity index (χ0n) is 12.6. The van der Waals surface area contributed by atoms with Gasteiger partial charge < -0.3 is 14.2 Å². The third kappa shape index (κ3) is 6.89. The zero-order chi connectivity index (χ0) is 15.9. The van der Waals surface area contributed by atoms with Gasteiger partial charge in [0.25, 0.3) is 5.79 Å². The van der Waals surface area contributed by atoms with Gasteiger partial charge in [-0.05, 0) is 20.8 Å². The van der Waals surface area contributed by atoms with Crippen LogP contribution in [0.1, 0.15) is 27.7 Å². The number of esters is 2. The van der Waals surface area contributed by atoms with E-state index in [9.17, 15) is 9.59 Å². The highest BCUT2D eigenvalue weighted by Gasteiger charge is 2.34. The van der Waals surface area contributed by atoms with E-state index in [1.165, 1.54) is 20.8 Å². The lowest BCUT2D eigenvalue weighted by Gasteiger charge is -2.29. The van der Waals surface area contributed by atoms with Crippen molar-refractivity contribution in [3.8, 4) is 0 Å². The molecule has 0 radical (unpaired) electrons. The van der Waals surface area contributed by atoms with Crippen LogP contribution in [0, 0.1) is 0 Å². The topological polar surface area (TPSA) is 61.8 Å². The van der Waals surface area contributed by atoms with Gasteiger partial charge in [0.05, 0.1) is 6.61 Å². The van der Waals surface area contributed by atoms with Crippen molar-refractivity contribution >= 4 is 11.9 Å². The largest absolute Gasteiger partial charge is 0.417 e. The molecule has 112 valence electrons. The minimum absolute atomic E-state index is 0.113. The third-order valence-corrected chi connectivity index (χ3v) is 2.03. The second-order valence-electron chi connectivity index (χ2n) is 4.92. The van der Waals surface area contributed by atoms with E-state index in [4.69, 9.17) is 14.2 Å². The molecule has 0 atom stereocenters. The maximum Gasteiger partial charge on any atom is 0.336 e. The minimum atomic E-state index is -1.54. The Kier molecular flexibility index (Phi) is 6.93. The van der Waals surface area contributed by atoms with Crippen molar-refractivity contribution in [1.29, 1.82) is 0 Å². The van der Waals surface area contributed by atoms with E-state index in [1.54, 1.807) is 6.92 Å². The van der Waals surface area contributed by atoms with E-state index in [-0.39, 0.29) is 24.4 Å². The number of ether oxygens (including phenoxy) is 3. The first kappa shape index (κ1) is 18.1. The van der Waals surface area contributed by atoms with Crippen molar-refractivity contribution in [1.82, 2.24) is 0 Å². The molecule has 0 rings (SSSR count). The Morgan fingerprint density at radius 3 is 1.65 bits per heavy atom. The molecule has 0 saturated heterocycles. The Hall–Kier alpha value is -1.88. The van der Waals surface area contributed by atoms with Crippen LogP contribution in [-0.4, -0.2) is 30.9 Å². The molecule has 20 heavy (non-hydrogen) atoms. The smallest absolute Gasteiger partial charge is 0.336 e. The highest BCUT2D eigenvalue weighted by Crippen LogP contribution is 2.17. The van der Waals surface area contributed by atoms with Gasteiger partial charge in [0.2, 0.25) is 0 Å². The fraction of sp³-hybridized carbons (Fsp3) is 0.467. The molecule has 0 aromatic carbocycles. The van der Waals surface area contributed by atoms with Gasteiger partial charge in [-0.15, -0.1) is 0 Å². The molecule has 0 unspecified atom stereocenters. The maximum atomic E-state index is 11.6. The van der Waals surface area contributed by atoms with Gasteiger partial charge in [-0.3, -0.25) is 0 Å². The standard InChI is InChI=1S/C15H22O5/c1-10(2)8-18-9-15(7,19-13(16)11(3)4)20-14(17)12(5)6/h1,3,5,8-9H2,2,4,6-7H3. The van der Waals surface area contributed by atoms with Crippen LogP contribution in [0.5, 0.6) is 0 Å². The second kappa shape index (κ2) is 7.65. The van der Waals surface area contributed by atoms with Crippen LogP contribution >= 0.6 is 0 Å². The summed E-state index contributed by atoms with van der Waals surface area (Å²) in [5.41, 5.74) is 1.19. The SMILES string of the molecule is C=C(C)COCC(C)(OC(=O)C(=C)C)OC(=O)C(=C)C. The van der Waals surface area contributed by atoms with Gasteiger partial charge >= 0.3 is 11.9 Å². The van der Waals surface area contributed by atoms with Crippen LogP contribution in [0.25, 0.3) is 0 Å². The molecule has 0 bridgehead atoms. The number of rotatable bonds is 8. The quantitative estimate of drug-likeness (QED) is 0.296. The third-order valence-electron chi connectivity index (χ3n) is 2.03. The normalized spacial score (nSPS) is 10.6. The second-order valence-corrected chi connectivity index (χ2v) is 4.92. The Morgan fingerprint density at radius 2 is 1.35 bits per heavy atom. The Balaban J connectivity index is 4.86. The molecule has 0 aromatic rings. The average molecular weight is 282 g/mol. The van der Waals surface area contributed by atoms with Crippen LogP contribution in [0.4, 0.5) is 0 Å². The average Bonchev–Trinajstić information content (AvgIpc) is 2.27. The molecule has 0 aromatic heterocycles. The van der Waals surface area contributed by atoms with Crippen molar-refractivity contribution in [3.05, 3.63) is 36.5 Å². The predicted molar refractivity (Wildman–Crippen MR) is 75.9 cm³/mol. The number of carbonyl (C=O) groups excluding carboxylic acids is 2. The molecule has 0 heterocycles. The van der Waals surface area contributed by atoms with E-state index in [0.717, 1.165) is 5.57 Å². The lowest BCUT2D eigenvalue weighted by molar-refractivity contribution is -0.232. The van der Waals surface area contributed by atoms with Crippen LogP contribution in [0.15, 0.2) is 36.5 Å². The fourth-order valence-corrected chi connectivity index (χ4v) is 1.06. The van der Waals surface area contributed by atoms with Gasteiger partial charge in [0.1, 0.15) is 6.61 Å². The molecule has 0 spiro atoms. The van der Waals surface area contributed by atoms with E-state index >= 15 is 0 Å². The van der Waals surface area contributed by atoms with Crippen molar-refractivity contribution in [2.75, 3.05) is 13.2 Å². The summed E-state index contributed by atoms with van der Waals surface area (Å²) in [5.74, 6) is -2.87. The molecule has 5 nitrogen and oxygen atoms in total. The number of hydrogen-bond donors (Lipinski definition) is 0. The lowest BCUT2D eigenvalue weighted by atomic mass is 10.3. The molecule has 0 aliphatic heterocycles. The summed E-state index contributed by atoms with van der Waals surface area (Å²) in [6.45, 7) is 17.0. The molecule has 0 saturated carbocycles. The van der Waals surface area contributed by atoms with E-state index in [2.05, 4.69) is 19.7 Å². The number of carbonyl (C=O) groups is 2. The fourth-order valence-electron chi connectivity index (χ4n) is 1.06. The Morgan fingerprint density at radius 1 is 0.950 bits per heavy atom. The van der Waals surface area contributed by atoms with Gasteiger partial charge in [0.15, 0.2) is 0 Å². The van der Waals surface area contributed by atoms with E-state index < -0.39 is 17.7 Å². The highest BCUT2D eigenvalue weighted by molar-refractivity contribution is 5.89.